The molecule has 1 aromatic heterocycles. The molecule has 1 heterocycles. The quantitative estimate of drug-likeness (QED) is 0.915. The van der Waals surface area contributed by atoms with Gasteiger partial charge in [0, 0.05) is 18.2 Å². The van der Waals surface area contributed by atoms with Gasteiger partial charge in [0.2, 0.25) is 5.43 Å². The van der Waals surface area contributed by atoms with Crippen molar-refractivity contribution in [2.75, 3.05) is 6.61 Å². The first-order valence-electron chi connectivity index (χ1n) is 5.79. The number of rotatable bonds is 5. The van der Waals surface area contributed by atoms with Gasteiger partial charge in [-0.2, -0.15) is 0 Å². The van der Waals surface area contributed by atoms with E-state index in [9.17, 15) is 4.79 Å². The summed E-state index contributed by atoms with van der Waals surface area (Å²) in [6.07, 6.45) is 0. The molecular weight excluding hydrogens is 268 g/mol. The van der Waals surface area contributed by atoms with Gasteiger partial charge < -0.3 is 9.47 Å². The molecule has 0 amide bonds. The summed E-state index contributed by atoms with van der Waals surface area (Å²) in [4.78, 5) is 11.6. The molecule has 2 aromatic rings. The predicted molar refractivity (Wildman–Crippen MR) is 71.7 cm³/mol. The Kier molecular flexibility index (Phi) is 4.54. The smallest absolute Gasteiger partial charge is 0.285 e. The molecule has 0 bridgehead atoms. The first-order valence-corrected chi connectivity index (χ1v) is 6.17. The number of halogens is 1. The molecule has 0 spiro atoms. The monoisotopic (exact) mass is 280 g/mol. The molecule has 1 aromatic carbocycles. The van der Waals surface area contributed by atoms with Crippen molar-refractivity contribution in [1.82, 2.24) is 10.2 Å². The summed E-state index contributed by atoms with van der Waals surface area (Å²) in [7, 11) is 0. The summed E-state index contributed by atoms with van der Waals surface area (Å²) in [6, 6.07) is 8.53. The van der Waals surface area contributed by atoms with Crippen LogP contribution in [0.15, 0.2) is 35.1 Å². The average Bonchev–Trinajstić information content (AvgIpc) is 2.41. The highest BCUT2D eigenvalue weighted by Gasteiger charge is 2.08. The highest BCUT2D eigenvalue weighted by Crippen LogP contribution is 2.22. The number of hydrogen-bond acceptors (Lipinski definition) is 4. The highest BCUT2D eigenvalue weighted by atomic mass is 35.5. The molecular formula is C13H13ClN2O3. The summed E-state index contributed by atoms with van der Waals surface area (Å²) in [6.45, 7) is 2.93. The van der Waals surface area contributed by atoms with Crippen molar-refractivity contribution in [3.63, 3.8) is 0 Å². The zero-order chi connectivity index (χ0) is 13.7. The Balaban J connectivity index is 2.25. The Bertz CT molecular complexity index is 613. The number of ether oxygens (including phenoxy) is 2. The van der Waals surface area contributed by atoms with E-state index >= 15 is 0 Å². The van der Waals surface area contributed by atoms with Crippen LogP contribution in [-0.4, -0.2) is 16.8 Å². The molecule has 0 aliphatic carbocycles. The molecule has 6 heteroatoms. The van der Waals surface area contributed by atoms with Gasteiger partial charge in [-0.05, 0) is 13.0 Å². The summed E-state index contributed by atoms with van der Waals surface area (Å²) in [5.74, 6) is 0.490. The van der Waals surface area contributed by atoms with Gasteiger partial charge in [-0.1, -0.05) is 29.8 Å². The Morgan fingerprint density at radius 3 is 2.89 bits per heavy atom. The lowest BCUT2D eigenvalue weighted by Gasteiger charge is -2.09. The van der Waals surface area contributed by atoms with E-state index in [4.69, 9.17) is 21.1 Å². The van der Waals surface area contributed by atoms with Crippen molar-refractivity contribution >= 4 is 11.6 Å². The fourth-order valence-corrected chi connectivity index (χ4v) is 1.62. The number of aromatic amines is 1. The molecule has 0 aliphatic heterocycles. The molecule has 5 nitrogen and oxygen atoms in total. The van der Waals surface area contributed by atoms with Crippen LogP contribution >= 0.6 is 11.6 Å². The van der Waals surface area contributed by atoms with Gasteiger partial charge in [0.05, 0.1) is 6.61 Å². The molecule has 0 atom stereocenters. The maximum atomic E-state index is 11.6. The van der Waals surface area contributed by atoms with Crippen LogP contribution in [0.1, 0.15) is 12.5 Å². The number of H-pyrrole nitrogens is 1. The number of nitrogens with one attached hydrogen (secondary N) is 1. The number of benzene rings is 1. The van der Waals surface area contributed by atoms with E-state index in [0.29, 0.717) is 19.0 Å². The third kappa shape index (κ3) is 3.56. The molecule has 0 fully saturated rings. The zero-order valence-corrected chi connectivity index (χ0v) is 11.1. The third-order valence-electron chi connectivity index (χ3n) is 2.37. The van der Waals surface area contributed by atoms with Gasteiger partial charge in [-0.25, -0.2) is 0 Å². The Morgan fingerprint density at radius 2 is 2.16 bits per heavy atom. The molecule has 0 saturated carbocycles. The van der Waals surface area contributed by atoms with E-state index in [1.54, 1.807) is 6.07 Å². The van der Waals surface area contributed by atoms with Gasteiger partial charge >= 0.3 is 0 Å². The van der Waals surface area contributed by atoms with Crippen LogP contribution in [-0.2, 0) is 11.3 Å². The van der Waals surface area contributed by atoms with Crippen LogP contribution in [0, 0.1) is 0 Å². The first kappa shape index (κ1) is 13.6. The van der Waals surface area contributed by atoms with Crippen molar-refractivity contribution in [3.8, 4) is 11.6 Å². The molecule has 100 valence electrons. The van der Waals surface area contributed by atoms with Gasteiger partial charge in [0.15, 0.2) is 0 Å². The van der Waals surface area contributed by atoms with Gasteiger partial charge in [-0.3, -0.25) is 9.89 Å². The standard InChI is InChI=1S/C13H13ClN2O3/c1-2-18-8-9-5-3-4-6-11(9)19-13-10(17)7-12(14)15-16-13/h3-7H,2,8H2,1H3,(H,15,17). The summed E-state index contributed by atoms with van der Waals surface area (Å²) in [5.41, 5.74) is 0.468. The van der Waals surface area contributed by atoms with E-state index < -0.39 is 0 Å². The molecule has 2 rings (SSSR count). The van der Waals surface area contributed by atoms with Crippen LogP contribution in [0.3, 0.4) is 0 Å². The Hall–Kier alpha value is -1.85. The number of nitrogens with zero attached hydrogens (tertiary/aromatic N) is 1. The van der Waals surface area contributed by atoms with Gasteiger partial charge in [0.25, 0.3) is 5.88 Å². The second-order valence-corrected chi connectivity index (χ2v) is 4.14. The molecule has 19 heavy (non-hydrogen) atoms. The minimum absolute atomic E-state index is 0.0478. The SMILES string of the molecule is CCOCc1ccccc1Oc1n[nH]c(Cl)cc1=O. The second kappa shape index (κ2) is 6.36. The fourth-order valence-electron chi connectivity index (χ4n) is 1.48. The van der Waals surface area contributed by atoms with Crippen LogP contribution in [0.25, 0.3) is 0 Å². The van der Waals surface area contributed by atoms with Crippen molar-refractivity contribution < 1.29 is 9.47 Å². The maximum Gasteiger partial charge on any atom is 0.285 e. The lowest BCUT2D eigenvalue weighted by Crippen LogP contribution is -2.08. The third-order valence-corrected chi connectivity index (χ3v) is 2.57. The summed E-state index contributed by atoms with van der Waals surface area (Å²) >= 11 is 5.63. The summed E-state index contributed by atoms with van der Waals surface area (Å²) < 4.78 is 10.8. The molecule has 0 unspecified atom stereocenters. The van der Waals surface area contributed by atoms with Gasteiger partial charge in [0.1, 0.15) is 10.9 Å². The Morgan fingerprint density at radius 1 is 1.37 bits per heavy atom. The number of aromatic nitrogens is 2. The van der Waals surface area contributed by atoms with E-state index in [1.165, 1.54) is 6.07 Å². The van der Waals surface area contributed by atoms with Crippen molar-refractivity contribution in [2.24, 2.45) is 0 Å². The van der Waals surface area contributed by atoms with E-state index in [1.807, 2.05) is 25.1 Å². The highest BCUT2D eigenvalue weighted by molar-refractivity contribution is 6.29. The molecule has 0 radical (unpaired) electrons. The average molecular weight is 281 g/mol. The molecule has 1 N–H and O–H groups in total. The van der Waals surface area contributed by atoms with Crippen LogP contribution in [0.2, 0.25) is 5.15 Å². The molecule has 0 saturated heterocycles. The van der Waals surface area contributed by atoms with Crippen molar-refractivity contribution in [1.29, 1.82) is 0 Å². The van der Waals surface area contributed by atoms with E-state index in [0.717, 1.165) is 5.56 Å². The minimum Gasteiger partial charge on any atom is -0.434 e. The Labute approximate surface area is 115 Å². The first-order chi connectivity index (χ1) is 9.20. The van der Waals surface area contributed by atoms with E-state index in [2.05, 4.69) is 10.2 Å². The summed E-state index contributed by atoms with van der Waals surface area (Å²) in [5, 5.41) is 6.41. The van der Waals surface area contributed by atoms with Crippen LogP contribution < -0.4 is 10.2 Å². The van der Waals surface area contributed by atoms with E-state index in [-0.39, 0.29) is 16.5 Å². The predicted octanol–water partition coefficient (Wildman–Crippen LogP) is 2.75. The van der Waals surface area contributed by atoms with Gasteiger partial charge in [-0.15, -0.1) is 5.10 Å². The number of para-hydroxylation sites is 1. The fraction of sp³-hybridized carbons (Fsp3) is 0.231. The normalized spacial score (nSPS) is 10.4. The van der Waals surface area contributed by atoms with Crippen LogP contribution in [0.5, 0.6) is 11.6 Å². The molecule has 0 aliphatic rings. The lowest BCUT2D eigenvalue weighted by atomic mass is 10.2. The minimum atomic E-state index is -0.380. The van der Waals surface area contributed by atoms with Crippen molar-refractivity contribution in [2.45, 2.75) is 13.5 Å². The zero-order valence-electron chi connectivity index (χ0n) is 10.4. The lowest BCUT2D eigenvalue weighted by molar-refractivity contribution is 0.132. The maximum absolute atomic E-state index is 11.6. The van der Waals surface area contributed by atoms with Crippen LogP contribution in [0.4, 0.5) is 0 Å². The van der Waals surface area contributed by atoms with Crippen molar-refractivity contribution in [3.05, 3.63) is 51.3 Å². The second-order valence-electron chi connectivity index (χ2n) is 3.73. The topological polar surface area (TPSA) is 64.2 Å². The largest absolute Gasteiger partial charge is 0.434 e. The number of hydrogen-bond donors (Lipinski definition) is 1.